The first kappa shape index (κ1) is 14.6. The number of aliphatic carboxylic acids is 1. The third-order valence-corrected chi connectivity index (χ3v) is 3.72. The lowest BCUT2D eigenvalue weighted by atomic mass is 10.0. The number of carboxylic acids is 1. The van der Waals surface area contributed by atoms with E-state index in [1.807, 2.05) is 0 Å². The maximum Gasteiger partial charge on any atom is 0.326 e. The van der Waals surface area contributed by atoms with Gasteiger partial charge in [-0.25, -0.2) is 14.0 Å². The number of urea groups is 1. The van der Waals surface area contributed by atoms with Crippen LogP contribution in [-0.4, -0.2) is 34.6 Å². The third-order valence-electron chi connectivity index (χ3n) is 3.41. The summed E-state index contributed by atoms with van der Waals surface area (Å²) in [6, 6.07) is 2.48. The summed E-state index contributed by atoms with van der Waals surface area (Å²) in [6.07, 6.45) is 0.593. The molecule has 1 aromatic rings. The molecule has 1 saturated heterocycles. The smallest absolute Gasteiger partial charge is 0.326 e. The molecule has 2 N–H and O–H groups in total. The predicted molar refractivity (Wildman–Crippen MR) is 72.3 cm³/mol. The van der Waals surface area contributed by atoms with Gasteiger partial charge in [0, 0.05) is 6.54 Å². The summed E-state index contributed by atoms with van der Waals surface area (Å²) in [6.45, 7) is 2.08. The molecule has 1 aliphatic heterocycles. The van der Waals surface area contributed by atoms with E-state index < -0.39 is 23.9 Å². The van der Waals surface area contributed by atoms with E-state index in [1.54, 1.807) is 6.92 Å². The summed E-state index contributed by atoms with van der Waals surface area (Å²) in [7, 11) is 0. The summed E-state index contributed by atoms with van der Waals surface area (Å²) in [5.41, 5.74) is -0.136. The standard InChI is InChI=1S/C13H14ClFN2O3/c1-7-5-6-17(11(7)12(18)19)13(20)16-10-8(14)3-2-4-9(10)15/h2-4,7,11H,5-6H2,1H3,(H,16,20)(H,18,19). The minimum atomic E-state index is -1.07. The van der Waals surface area contributed by atoms with E-state index in [0.717, 1.165) is 0 Å². The molecule has 2 unspecified atom stereocenters. The fourth-order valence-corrected chi connectivity index (χ4v) is 2.56. The van der Waals surface area contributed by atoms with Crippen LogP contribution in [0.25, 0.3) is 0 Å². The maximum absolute atomic E-state index is 13.6. The molecule has 20 heavy (non-hydrogen) atoms. The highest BCUT2D eigenvalue weighted by atomic mass is 35.5. The molecule has 0 radical (unpaired) electrons. The minimum Gasteiger partial charge on any atom is -0.480 e. The van der Waals surface area contributed by atoms with Gasteiger partial charge in [0.1, 0.15) is 11.9 Å². The Bertz CT molecular complexity index is 532. The van der Waals surface area contributed by atoms with E-state index in [0.29, 0.717) is 13.0 Å². The molecule has 1 heterocycles. The maximum atomic E-state index is 13.6. The van der Waals surface area contributed by atoms with Crippen LogP contribution in [0.15, 0.2) is 18.2 Å². The number of halogens is 2. The van der Waals surface area contributed by atoms with E-state index in [2.05, 4.69) is 5.32 Å². The molecule has 0 spiro atoms. The normalized spacial score (nSPS) is 21.9. The lowest BCUT2D eigenvalue weighted by Crippen LogP contribution is -2.44. The molecule has 1 fully saturated rings. The lowest BCUT2D eigenvalue weighted by Gasteiger charge is -2.24. The first-order valence-corrected chi connectivity index (χ1v) is 6.54. The number of rotatable bonds is 2. The Balaban J connectivity index is 2.18. The van der Waals surface area contributed by atoms with Crippen LogP contribution in [0.1, 0.15) is 13.3 Å². The SMILES string of the molecule is CC1CCN(C(=O)Nc2c(F)cccc2Cl)C1C(=O)O. The van der Waals surface area contributed by atoms with Crippen LogP contribution in [0.4, 0.5) is 14.9 Å². The first-order chi connectivity index (χ1) is 9.41. The van der Waals surface area contributed by atoms with E-state index in [-0.39, 0.29) is 16.6 Å². The Hall–Kier alpha value is -1.82. The Morgan fingerprint density at radius 2 is 2.20 bits per heavy atom. The molecule has 1 aromatic carbocycles. The zero-order valence-corrected chi connectivity index (χ0v) is 11.5. The fraction of sp³-hybridized carbons (Fsp3) is 0.385. The fourth-order valence-electron chi connectivity index (χ4n) is 2.35. The van der Waals surface area contributed by atoms with E-state index in [4.69, 9.17) is 16.7 Å². The first-order valence-electron chi connectivity index (χ1n) is 6.16. The molecular formula is C13H14ClFN2O3. The van der Waals surface area contributed by atoms with Gasteiger partial charge in [-0.1, -0.05) is 24.6 Å². The van der Waals surface area contributed by atoms with Gasteiger partial charge in [0.2, 0.25) is 0 Å². The van der Waals surface area contributed by atoms with E-state index >= 15 is 0 Å². The van der Waals surface area contributed by atoms with E-state index in [9.17, 15) is 14.0 Å². The van der Waals surface area contributed by atoms with Gasteiger partial charge in [-0.05, 0) is 24.5 Å². The van der Waals surface area contributed by atoms with Gasteiger partial charge in [-0.2, -0.15) is 0 Å². The highest BCUT2D eigenvalue weighted by Gasteiger charge is 2.39. The second-order valence-electron chi connectivity index (χ2n) is 4.77. The summed E-state index contributed by atoms with van der Waals surface area (Å²) in [5, 5.41) is 11.6. The minimum absolute atomic E-state index is 0.0671. The van der Waals surface area contributed by atoms with Crippen molar-refractivity contribution in [3.8, 4) is 0 Å². The summed E-state index contributed by atoms with van der Waals surface area (Å²) in [5.74, 6) is -1.87. The van der Waals surface area contributed by atoms with Crippen LogP contribution in [0.5, 0.6) is 0 Å². The average Bonchev–Trinajstić information content (AvgIpc) is 2.76. The molecule has 0 aliphatic carbocycles. The summed E-state index contributed by atoms with van der Waals surface area (Å²) in [4.78, 5) is 24.5. The van der Waals surface area contributed by atoms with Crippen molar-refractivity contribution < 1.29 is 19.1 Å². The van der Waals surface area contributed by atoms with Gasteiger partial charge in [0.05, 0.1) is 10.7 Å². The molecule has 0 bridgehead atoms. The molecule has 0 saturated carbocycles. The summed E-state index contributed by atoms with van der Waals surface area (Å²) >= 11 is 5.82. The molecule has 108 valence electrons. The van der Waals surface area contributed by atoms with Crippen LogP contribution < -0.4 is 5.32 Å². The van der Waals surface area contributed by atoms with Gasteiger partial charge >= 0.3 is 12.0 Å². The molecule has 2 rings (SSSR count). The van der Waals surface area contributed by atoms with Crippen molar-refractivity contribution >= 4 is 29.3 Å². The van der Waals surface area contributed by atoms with Crippen molar-refractivity contribution in [3.05, 3.63) is 29.0 Å². The van der Waals surface area contributed by atoms with Crippen LogP contribution in [0.3, 0.4) is 0 Å². The van der Waals surface area contributed by atoms with Gasteiger partial charge in [0.15, 0.2) is 0 Å². The van der Waals surface area contributed by atoms with E-state index in [1.165, 1.54) is 23.1 Å². The van der Waals surface area contributed by atoms with Crippen LogP contribution >= 0.6 is 11.6 Å². The number of benzene rings is 1. The van der Waals surface area contributed by atoms with Crippen LogP contribution in [0.2, 0.25) is 5.02 Å². The van der Waals surface area contributed by atoms with Gasteiger partial charge < -0.3 is 15.3 Å². The molecule has 0 aromatic heterocycles. The number of amides is 2. The Morgan fingerprint density at radius 3 is 2.80 bits per heavy atom. The summed E-state index contributed by atoms with van der Waals surface area (Å²) < 4.78 is 13.6. The zero-order valence-electron chi connectivity index (χ0n) is 10.8. The number of nitrogens with zero attached hydrogens (tertiary/aromatic N) is 1. The number of anilines is 1. The number of carboxylic acid groups (broad SMARTS) is 1. The van der Waals surface area contributed by atoms with Crippen molar-refractivity contribution in [3.63, 3.8) is 0 Å². The van der Waals surface area contributed by atoms with Crippen molar-refractivity contribution in [2.45, 2.75) is 19.4 Å². The third kappa shape index (κ3) is 2.70. The monoisotopic (exact) mass is 300 g/mol. The topological polar surface area (TPSA) is 69.6 Å². The number of carbonyl (C=O) groups excluding carboxylic acids is 1. The zero-order chi connectivity index (χ0) is 14.9. The van der Waals surface area contributed by atoms with Gasteiger partial charge in [-0.3, -0.25) is 0 Å². The molecular weight excluding hydrogens is 287 g/mol. The van der Waals surface area contributed by atoms with Crippen molar-refractivity contribution in [2.24, 2.45) is 5.92 Å². The van der Waals surface area contributed by atoms with Gasteiger partial charge in [0.25, 0.3) is 0 Å². The molecule has 2 atom stereocenters. The number of hydrogen-bond donors (Lipinski definition) is 2. The Kier molecular flexibility index (Phi) is 4.13. The number of para-hydroxylation sites is 1. The highest BCUT2D eigenvalue weighted by molar-refractivity contribution is 6.33. The molecule has 5 nitrogen and oxygen atoms in total. The van der Waals surface area contributed by atoms with Crippen molar-refractivity contribution in [2.75, 3.05) is 11.9 Å². The number of nitrogens with one attached hydrogen (secondary N) is 1. The van der Waals surface area contributed by atoms with Crippen LogP contribution in [0, 0.1) is 11.7 Å². The second kappa shape index (κ2) is 5.66. The quantitative estimate of drug-likeness (QED) is 0.882. The van der Waals surface area contributed by atoms with Gasteiger partial charge in [-0.15, -0.1) is 0 Å². The van der Waals surface area contributed by atoms with Crippen molar-refractivity contribution in [1.82, 2.24) is 4.90 Å². The Labute approximate surface area is 120 Å². The predicted octanol–water partition coefficient (Wildman–Crippen LogP) is 2.81. The average molecular weight is 301 g/mol. The number of carbonyl (C=O) groups is 2. The number of likely N-dealkylation sites (tertiary alicyclic amines) is 1. The highest BCUT2D eigenvalue weighted by Crippen LogP contribution is 2.28. The molecule has 7 heteroatoms. The molecule has 1 aliphatic rings. The Morgan fingerprint density at radius 1 is 1.50 bits per heavy atom. The second-order valence-corrected chi connectivity index (χ2v) is 5.18. The van der Waals surface area contributed by atoms with Crippen molar-refractivity contribution in [1.29, 1.82) is 0 Å². The lowest BCUT2D eigenvalue weighted by molar-refractivity contribution is -0.142. The number of hydrogen-bond acceptors (Lipinski definition) is 2. The largest absolute Gasteiger partial charge is 0.480 e. The molecule has 2 amide bonds. The van der Waals surface area contributed by atoms with Crippen LogP contribution in [-0.2, 0) is 4.79 Å².